The van der Waals surface area contributed by atoms with Crippen molar-refractivity contribution in [1.29, 1.82) is 0 Å². The summed E-state index contributed by atoms with van der Waals surface area (Å²) < 4.78 is 36.4. The molecule has 0 unspecified atom stereocenters. The van der Waals surface area contributed by atoms with E-state index in [1.54, 1.807) is 12.1 Å². The molecule has 0 fully saturated rings. The van der Waals surface area contributed by atoms with Gasteiger partial charge in [-0.3, -0.25) is 4.79 Å². The number of ether oxygens (including phenoxy) is 2. The molecule has 0 saturated carbocycles. The predicted molar refractivity (Wildman–Crippen MR) is 127 cm³/mol. The van der Waals surface area contributed by atoms with Crippen LogP contribution in [0, 0.1) is 0 Å². The van der Waals surface area contributed by atoms with E-state index < -0.39 is 10.0 Å². The monoisotopic (exact) mass is 462 g/mol. The molecule has 1 amide bonds. The largest absolute Gasteiger partial charge is 0.490 e. The Balaban J connectivity index is 2.01. The summed E-state index contributed by atoms with van der Waals surface area (Å²) in [5.41, 5.74) is 2.42. The molecule has 0 spiro atoms. The Labute approximate surface area is 191 Å². The lowest BCUT2D eigenvalue weighted by molar-refractivity contribution is 0.0939. The van der Waals surface area contributed by atoms with Crippen LogP contribution in [0.3, 0.4) is 0 Å². The molecule has 0 radical (unpaired) electrons. The minimum absolute atomic E-state index is 0.180. The number of nitrogens with one attached hydrogen (secondary N) is 2. The molecule has 0 saturated heterocycles. The van der Waals surface area contributed by atoms with E-state index in [0.29, 0.717) is 43.2 Å². The molecule has 0 bridgehead atoms. The molecule has 2 aromatic carbocycles. The Morgan fingerprint density at radius 1 is 0.969 bits per heavy atom. The van der Waals surface area contributed by atoms with E-state index in [4.69, 9.17) is 9.47 Å². The molecular weight excluding hydrogens is 428 g/mol. The summed E-state index contributed by atoms with van der Waals surface area (Å²) in [5, 5.41) is 3.01. The lowest BCUT2D eigenvalue weighted by atomic mass is 10.1. The van der Waals surface area contributed by atoms with E-state index in [1.807, 2.05) is 44.2 Å². The second kappa shape index (κ2) is 12.5. The Morgan fingerprint density at radius 2 is 1.59 bits per heavy atom. The highest BCUT2D eigenvalue weighted by molar-refractivity contribution is 7.88. The second-order valence-corrected chi connectivity index (χ2v) is 9.54. The fraction of sp³-hybridized carbons (Fsp3) is 0.458. The molecule has 2 rings (SSSR count). The van der Waals surface area contributed by atoms with Crippen molar-refractivity contribution < 1.29 is 22.7 Å². The van der Waals surface area contributed by atoms with Gasteiger partial charge in [-0.15, -0.1) is 0 Å². The standard InChI is InChI=1S/C24H34N2O5S/c1-5-15-30-22-12-11-21(17-23(22)31-16-6-2)18(3)26-24(27)20-9-7-19(8-10-20)13-14-25-32(4,28)29/h7-12,17-18,25H,5-6,13-16H2,1-4H3,(H,26,27)/t18-/m0/s1. The number of hydrogen-bond acceptors (Lipinski definition) is 5. The maximum atomic E-state index is 12.7. The van der Waals surface area contributed by atoms with Crippen LogP contribution < -0.4 is 19.5 Å². The van der Waals surface area contributed by atoms with Gasteiger partial charge >= 0.3 is 0 Å². The van der Waals surface area contributed by atoms with Gasteiger partial charge in [0.2, 0.25) is 10.0 Å². The van der Waals surface area contributed by atoms with Crippen molar-refractivity contribution in [1.82, 2.24) is 10.0 Å². The Bertz CT molecular complexity index is 974. The Kier molecular flexibility index (Phi) is 9.99. The third-order valence-corrected chi connectivity index (χ3v) is 5.46. The van der Waals surface area contributed by atoms with Crippen molar-refractivity contribution in [2.75, 3.05) is 26.0 Å². The van der Waals surface area contributed by atoms with Gasteiger partial charge in [0, 0.05) is 12.1 Å². The molecule has 0 aromatic heterocycles. The molecule has 8 heteroatoms. The average Bonchev–Trinajstić information content (AvgIpc) is 2.76. The van der Waals surface area contributed by atoms with Crippen LogP contribution >= 0.6 is 0 Å². The van der Waals surface area contributed by atoms with Crippen LogP contribution in [-0.2, 0) is 16.4 Å². The van der Waals surface area contributed by atoms with E-state index in [-0.39, 0.29) is 11.9 Å². The first-order valence-corrected chi connectivity index (χ1v) is 12.9. The molecule has 7 nitrogen and oxygen atoms in total. The minimum Gasteiger partial charge on any atom is -0.490 e. The highest BCUT2D eigenvalue weighted by atomic mass is 32.2. The van der Waals surface area contributed by atoms with Crippen LogP contribution in [0.2, 0.25) is 0 Å². The van der Waals surface area contributed by atoms with Crippen LogP contribution in [0.5, 0.6) is 11.5 Å². The Hall–Kier alpha value is -2.58. The van der Waals surface area contributed by atoms with Gasteiger partial charge in [-0.1, -0.05) is 32.0 Å². The normalized spacial score (nSPS) is 12.2. The molecule has 2 aromatic rings. The van der Waals surface area contributed by atoms with Gasteiger partial charge in [0.05, 0.1) is 25.5 Å². The first kappa shape index (κ1) is 25.7. The number of carbonyl (C=O) groups excluding carboxylic acids is 1. The van der Waals surface area contributed by atoms with Gasteiger partial charge in [0.1, 0.15) is 0 Å². The fourth-order valence-corrected chi connectivity index (χ4v) is 3.49. The van der Waals surface area contributed by atoms with E-state index in [9.17, 15) is 13.2 Å². The van der Waals surface area contributed by atoms with Crippen LogP contribution in [-0.4, -0.2) is 40.3 Å². The number of benzene rings is 2. The van der Waals surface area contributed by atoms with Crippen molar-refractivity contribution in [2.24, 2.45) is 0 Å². The number of carbonyl (C=O) groups is 1. The van der Waals surface area contributed by atoms with Crippen molar-refractivity contribution >= 4 is 15.9 Å². The summed E-state index contributed by atoms with van der Waals surface area (Å²) in [6.45, 7) is 7.56. The van der Waals surface area contributed by atoms with Gasteiger partial charge < -0.3 is 14.8 Å². The SMILES string of the molecule is CCCOc1ccc([C@H](C)NC(=O)c2ccc(CCNS(C)(=O)=O)cc2)cc1OCCC. The molecule has 0 aliphatic rings. The van der Waals surface area contributed by atoms with Gasteiger partial charge in [0.25, 0.3) is 5.91 Å². The quantitative estimate of drug-likeness (QED) is 0.472. The van der Waals surface area contributed by atoms with Crippen molar-refractivity contribution in [2.45, 2.75) is 46.1 Å². The zero-order chi connectivity index (χ0) is 23.6. The summed E-state index contributed by atoms with van der Waals surface area (Å²) in [5.74, 6) is 1.22. The topological polar surface area (TPSA) is 93.7 Å². The zero-order valence-corrected chi connectivity index (χ0v) is 20.1. The summed E-state index contributed by atoms with van der Waals surface area (Å²) in [6, 6.07) is 12.7. The predicted octanol–water partition coefficient (Wildman–Crippen LogP) is 3.85. The van der Waals surface area contributed by atoms with Crippen molar-refractivity contribution in [3.05, 3.63) is 59.2 Å². The Morgan fingerprint density at radius 3 is 2.19 bits per heavy atom. The van der Waals surface area contributed by atoms with Crippen LogP contribution in [0.25, 0.3) is 0 Å². The number of amides is 1. The van der Waals surface area contributed by atoms with Gasteiger partial charge in [0.15, 0.2) is 11.5 Å². The van der Waals surface area contributed by atoms with Gasteiger partial charge in [-0.2, -0.15) is 0 Å². The summed E-state index contributed by atoms with van der Waals surface area (Å²) in [6.07, 6.45) is 3.49. The first-order valence-electron chi connectivity index (χ1n) is 11.0. The summed E-state index contributed by atoms with van der Waals surface area (Å²) in [7, 11) is -3.20. The summed E-state index contributed by atoms with van der Waals surface area (Å²) >= 11 is 0. The van der Waals surface area contributed by atoms with E-state index in [2.05, 4.69) is 17.0 Å². The number of rotatable bonds is 13. The minimum atomic E-state index is -3.20. The highest BCUT2D eigenvalue weighted by Gasteiger charge is 2.15. The van der Waals surface area contributed by atoms with Crippen LogP contribution in [0.15, 0.2) is 42.5 Å². The van der Waals surface area contributed by atoms with Gasteiger partial charge in [-0.25, -0.2) is 13.1 Å². The first-order chi connectivity index (χ1) is 15.2. The molecule has 2 N–H and O–H groups in total. The smallest absolute Gasteiger partial charge is 0.251 e. The molecule has 0 heterocycles. The van der Waals surface area contributed by atoms with E-state index in [0.717, 1.165) is 30.2 Å². The van der Waals surface area contributed by atoms with Crippen molar-refractivity contribution in [3.8, 4) is 11.5 Å². The van der Waals surface area contributed by atoms with Gasteiger partial charge in [-0.05, 0) is 61.6 Å². The third-order valence-electron chi connectivity index (χ3n) is 4.73. The van der Waals surface area contributed by atoms with Crippen LogP contribution in [0.4, 0.5) is 0 Å². The number of sulfonamides is 1. The summed E-state index contributed by atoms with van der Waals surface area (Å²) in [4.78, 5) is 12.7. The van der Waals surface area contributed by atoms with E-state index in [1.165, 1.54) is 0 Å². The molecule has 0 aliphatic heterocycles. The number of hydrogen-bond donors (Lipinski definition) is 2. The molecule has 0 aliphatic carbocycles. The van der Waals surface area contributed by atoms with Crippen molar-refractivity contribution in [3.63, 3.8) is 0 Å². The van der Waals surface area contributed by atoms with Crippen LogP contribution in [0.1, 0.15) is 61.1 Å². The molecule has 32 heavy (non-hydrogen) atoms. The lowest BCUT2D eigenvalue weighted by Crippen LogP contribution is -2.26. The lowest BCUT2D eigenvalue weighted by Gasteiger charge is -2.18. The maximum Gasteiger partial charge on any atom is 0.251 e. The maximum absolute atomic E-state index is 12.7. The average molecular weight is 463 g/mol. The highest BCUT2D eigenvalue weighted by Crippen LogP contribution is 2.31. The third kappa shape index (κ3) is 8.51. The molecular formula is C24H34N2O5S. The second-order valence-electron chi connectivity index (χ2n) is 7.71. The molecule has 176 valence electrons. The fourth-order valence-electron chi connectivity index (χ4n) is 3.02. The van der Waals surface area contributed by atoms with E-state index >= 15 is 0 Å². The molecule has 1 atom stereocenters. The zero-order valence-electron chi connectivity index (χ0n) is 19.3.